The number of benzene rings is 1. The Labute approximate surface area is 144 Å². The molecule has 7 heteroatoms. The second kappa shape index (κ2) is 8.40. The van der Waals surface area contributed by atoms with Gasteiger partial charge in [0.05, 0.1) is 0 Å². The highest BCUT2D eigenvalue weighted by Crippen LogP contribution is 2.34. The first-order valence-corrected chi connectivity index (χ1v) is 10.1. The van der Waals surface area contributed by atoms with Crippen LogP contribution in [0.1, 0.15) is 38.5 Å². The average Bonchev–Trinajstić information content (AvgIpc) is 2.92. The molecule has 23 heavy (non-hydrogen) atoms. The number of carbonyl (C=O) groups is 1. The number of nitrogens with one attached hydrogen (secondary N) is 1. The molecule has 1 heterocycles. The Balaban J connectivity index is 1.52. The lowest BCUT2D eigenvalue weighted by Gasteiger charge is -2.15. The lowest BCUT2D eigenvalue weighted by molar-refractivity contribution is 0.234. The third-order valence-electron chi connectivity index (χ3n) is 3.82. The number of nitrogens with zero attached hydrogens (tertiary/aromatic N) is 3. The SMILES string of the molecule is O=C(NC1CCCCCC1)n1cnc(SSc2ccccc2)n1. The number of rotatable bonds is 4. The fourth-order valence-electron chi connectivity index (χ4n) is 2.61. The minimum atomic E-state index is -0.180. The van der Waals surface area contributed by atoms with Crippen LogP contribution >= 0.6 is 21.6 Å². The molecule has 1 aliphatic carbocycles. The first-order valence-electron chi connectivity index (χ1n) is 7.93. The molecule has 3 rings (SSSR count). The van der Waals surface area contributed by atoms with Crippen molar-refractivity contribution < 1.29 is 4.79 Å². The third kappa shape index (κ3) is 5.00. The fraction of sp³-hybridized carbons (Fsp3) is 0.438. The summed E-state index contributed by atoms with van der Waals surface area (Å²) >= 11 is 0. The Morgan fingerprint density at radius 3 is 2.57 bits per heavy atom. The molecule has 0 unspecified atom stereocenters. The predicted octanol–water partition coefficient (Wildman–Crippen LogP) is 4.36. The van der Waals surface area contributed by atoms with E-state index in [1.807, 2.05) is 30.3 Å². The third-order valence-corrected chi connectivity index (χ3v) is 5.98. The van der Waals surface area contributed by atoms with Crippen molar-refractivity contribution in [1.82, 2.24) is 20.1 Å². The average molecular weight is 348 g/mol. The first-order chi connectivity index (χ1) is 11.3. The first kappa shape index (κ1) is 16.4. The van der Waals surface area contributed by atoms with Crippen molar-refractivity contribution in [1.29, 1.82) is 0 Å². The zero-order valence-electron chi connectivity index (χ0n) is 12.9. The van der Waals surface area contributed by atoms with E-state index in [0.717, 1.165) is 17.7 Å². The van der Waals surface area contributed by atoms with E-state index in [-0.39, 0.29) is 12.1 Å². The topological polar surface area (TPSA) is 59.8 Å². The summed E-state index contributed by atoms with van der Waals surface area (Å²) in [5.41, 5.74) is 0. The van der Waals surface area contributed by atoms with Crippen molar-refractivity contribution in [3.05, 3.63) is 36.7 Å². The standard InChI is InChI=1S/C16H20N4OS2/c21-16(18-13-8-4-1-2-5-9-13)20-12-17-15(19-20)23-22-14-10-6-3-7-11-14/h3,6-7,10-13H,1-2,4-5,8-9H2,(H,18,21). The van der Waals surface area contributed by atoms with Crippen molar-refractivity contribution >= 4 is 27.6 Å². The zero-order chi connectivity index (χ0) is 15.9. The van der Waals surface area contributed by atoms with Crippen molar-refractivity contribution in [3.63, 3.8) is 0 Å². The normalized spacial score (nSPS) is 16.0. The van der Waals surface area contributed by atoms with Gasteiger partial charge in [-0.05, 0) is 46.6 Å². The minimum Gasteiger partial charge on any atom is -0.333 e. The van der Waals surface area contributed by atoms with Crippen LogP contribution in [0.5, 0.6) is 0 Å². The molecule has 1 amide bonds. The summed E-state index contributed by atoms with van der Waals surface area (Å²) in [6, 6.07) is 10.1. The Bertz CT molecular complexity index is 624. The molecule has 1 aliphatic rings. The number of amides is 1. The van der Waals surface area contributed by atoms with Gasteiger partial charge in [0.1, 0.15) is 6.33 Å². The van der Waals surface area contributed by atoms with Crippen LogP contribution in [0.2, 0.25) is 0 Å². The van der Waals surface area contributed by atoms with E-state index in [1.165, 1.54) is 47.5 Å². The van der Waals surface area contributed by atoms with Gasteiger partial charge < -0.3 is 5.32 Å². The van der Waals surface area contributed by atoms with Gasteiger partial charge in [-0.25, -0.2) is 9.78 Å². The Morgan fingerprint density at radius 2 is 1.83 bits per heavy atom. The fourth-order valence-corrected chi connectivity index (χ4v) is 4.33. The van der Waals surface area contributed by atoms with Gasteiger partial charge >= 0.3 is 6.03 Å². The summed E-state index contributed by atoms with van der Waals surface area (Å²) in [6.07, 6.45) is 8.53. The van der Waals surface area contributed by atoms with Crippen LogP contribution in [0.25, 0.3) is 0 Å². The molecule has 0 bridgehead atoms. The van der Waals surface area contributed by atoms with Crippen molar-refractivity contribution in [2.75, 3.05) is 0 Å². The van der Waals surface area contributed by atoms with Crippen LogP contribution in [-0.2, 0) is 0 Å². The van der Waals surface area contributed by atoms with Gasteiger partial charge in [-0.15, -0.1) is 5.10 Å². The van der Waals surface area contributed by atoms with E-state index < -0.39 is 0 Å². The molecule has 5 nitrogen and oxygen atoms in total. The molecule has 0 radical (unpaired) electrons. The lowest BCUT2D eigenvalue weighted by Crippen LogP contribution is -2.37. The molecule has 0 aliphatic heterocycles. The van der Waals surface area contributed by atoms with Gasteiger partial charge in [-0.3, -0.25) is 0 Å². The second-order valence-electron chi connectivity index (χ2n) is 5.59. The molecular weight excluding hydrogens is 328 g/mol. The molecule has 1 aromatic carbocycles. The monoisotopic (exact) mass is 348 g/mol. The highest BCUT2D eigenvalue weighted by atomic mass is 33.1. The molecule has 1 aromatic heterocycles. The number of hydrogen-bond donors (Lipinski definition) is 1. The largest absolute Gasteiger partial charge is 0.343 e. The molecule has 1 N–H and O–H groups in total. The van der Waals surface area contributed by atoms with Crippen LogP contribution < -0.4 is 5.32 Å². The Kier molecular flexibility index (Phi) is 5.99. The maximum absolute atomic E-state index is 12.2. The second-order valence-corrected chi connectivity index (χ2v) is 7.76. The zero-order valence-corrected chi connectivity index (χ0v) is 14.5. The minimum absolute atomic E-state index is 0.180. The maximum Gasteiger partial charge on any atom is 0.343 e. The predicted molar refractivity (Wildman–Crippen MR) is 93.6 cm³/mol. The van der Waals surface area contributed by atoms with E-state index in [0.29, 0.717) is 5.16 Å². The molecule has 0 saturated heterocycles. The van der Waals surface area contributed by atoms with Gasteiger partial charge in [-0.2, -0.15) is 4.68 Å². The van der Waals surface area contributed by atoms with Crippen molar-refractivity contribution in [2.24, 2.45) is 0 Å². The van der Waals surface area contributed by atoms with E-state index in [2.05, 4.69) is 15.4 Å². The quantitative estimate of drug-likeness (QED) is 0.657. The van der Waals surface area contributed by atoms with Gasteiger partial charge in [0.2, 0.25) is 5.16 Å². The van der Waals surface area contributed by atoms with E-state index >= 15 is 0 Å². The molecule has 122 valence electrons. The molecule has 1 fully saturated rings. The highest BCUT2D eigenvalue weighted by molar-refractivity contribution is 8.76. The molecular formula is C16H20N4OS2. The maximum atomic E-state index is 12.2. The summed E-state index contributed by atoms with van der Waals surface area (Å²) in [7, 11) is 3.04. The van der Waals surface area contributed by atoms with Gasteiger partial charge in [0.15, 0.2) is 0 Å². The van der Waals surface area contributed by atoms with Gasteiger partial charge in [-0.1, -0.05) is 43.9 Å². The van der Waals surface area contributed by atoms with Crippen LogP contribution in [0.15, 0.2) is 46.7 Å². The van der Waals surface area contributed by atoms with Gasteiger partial charge in [0.25, 0.3) is 0 Å². The molecule has 0 spiro atoms. The van der Waals surface area contributed by atoms with Crippen LogP contribution in [0, 0.1) is 0 Å². The van der Waals surface area contributed by atoms with E-state index in [9.17, 15) is 4.79 Å². The molecule has 0 atom stereocenters. The molecule has 2 aromatic rings. The lowest BCUT2D eigenvalue weighted by atomic mass is 10.1. The molecule has 1 saturated carbocycles. The highest BCUT2D eigenvalue weighted by Gasteiger charge is 2.16. The van der Waals surface area contributed by atoms with Gasteiger partial charge in [0, 0.05) is 10.9 Å². The van der Waals surface area contributed by atoms with Crippen molar-refractivity contribution in [3.8, 4) is 0 Å². The van der Waals surface area contributed by atoms with E-state index in [4.69, 9.17) is 0 Å². The van der Waals surface area contributed by atoms with Crippen LogP contribution in [0.4, 0.5) is 4.79 Å². The summed E-state index contributed by atoms with van der Waals surface area (Å²) < 4.78 is 1.30. The smallest absolute Gasteiger partial charge is 0.333 e. The van der Waals surface area contributed by atoms with Crippen LogP contribution in [0.3, 0.4) is 0 Å². The Hall–Kier alpha value is -1.47. The summed E-state index contributed by atoms with van der Waals surface area (Å²) in [6.45, 7) is 0. The van der Waals surface area contributed by atoms with E-state index in [1.54, 1.807) is 10.8 Å². The summed E-state index contributed by atoms with van der Waals surface area (Å²) in [4.78, 5) is 17.6. The summed E-state index contributed by atoms with van der Waals surface area (Å²) in [5.74, 6) is 0. The summed E-state index contributed by atoms with van der Waals surface area (Å²) in [5, 5.41) is 7.91. The Morgan fingerprint density at radius 1 is 1.09 bits per heavy atom. The number of carbonyl (C=O) groups excluding carboxylic acids is 1. The number of hydrogen-bond acceptors (Lipinski definition) is 5. The van der Waals surface area contributed by atoms with Crippen LogP contribution in [-0.4, -0.2) is 26.8 Å². The number of aromatic nitrogens is 3. The van der Waals surface area contributed by atoms with Crippen molar-refractivity contribution in [2.45, 2.75) is 54.6 Å².